The van der Waals surface area contributed by atoms with E-state index in [1.54, 1.807) is 18.2 Å². The van der Waals surface area contributed by atoms with E-state index >= 15 is 0 Å². The number of hydrogen-bond acceptors (Lipinski definition) is 8. The molecule has 2 heterocycles. The van der Waals surface area contributed by atoms with Crippen LogP contribution in [0.3, 0.4) is 0 Å². The number of amides is 1. The fraction of sp³-hybridized carbons (Fsp3) is 0.158. The van der Waals surface area contributed by atoms with E-state index in [2.05, 4.69) is 30.8 Å². The summed E-state index contributed by atoms with van der Waals surface area (Å²) in [5, 5.41) is 19.9. The van der Waals surface area contributed by atoms with Gasteiger partial charge in [-0.3, -0.25) is 4.79 Å². The molecule has 10 nitrogen and oxygen atoms in total. The molecule has 0 aliphatic heterocycles. The van der Waals surface area contributed by atoms with Crippen molar-refractivity contribution < 1.29 is 4.79 Å². The van der Waals surface area contributed by atoms with Gasteiger partial charge < -0.3 is 16.0 Å². The average molecular weight is 389 g/mol. The van der Waals surface area contributed by atoms with Crippen molar-refractivity contribution in [1.82, 2.24) is 30.2 Å². The fourth-order valence-corrected chi connectivity index (χ4v) is 2.89. The summed E-state index contributed by atoms with van der Waals surface area (Å²) in [6.07, 6.45) is 0. The standard InChI is InChI=1S/C19H19N9O/c1-27(2)18-17(21-11-12-7-4-3-5-8-12)22-19(25-24-18)28-14-10-6-9-13(16(20)29)15(14)23-26-28/h3-10H,11H2,1-2H3,(H2,20,29)(H,21,22,25). The summed E-state index contributed by atoms with van der Waals surface area (Å²) < 4.78 is 1.43. The van der Waals surface area contributed by atoms with Crippen molar-refractivity contribution in [3.63, 3.8) is 0 Å². The first-order valence-corrected chi connectivity index (χ1v) is 8.89. The number of carbonyl (C=O) groups is 1. The maximum absolute atomic E-state index is 11.6. The van der Waals surface area contributed by atoms with Gasteiger partial charge in [-0.25, -0.2) is 0 Å². The number of benzene rings is 2. The van der Waals surface area contributed by atoms with E-state index < -0.39 is 5.91 Å². The molecule has 0 aliphatic rings. The van der Waals surface area contributed by atoms with Crippen LogP contribution in [0.25, 0.3) is 17.0 Å². The monoisotopic (exact) mass is 389 g/mol. The number of nitrogens with one attached hydrogen (secondary N) is 1. The van der Waals surface area contributed by atoms with Gasteiger partial charge in [0.15, 0.2) is 11.6 Å². The Hall–Kier alpha value is -4.08. The van der Waals surface area contributed by atoms with Gasteiger partial charge in [0.2, 0.25) is 0 Å². The number of anilines is 2. The Morgan fingerprint density at radius 2 is 1.86 bits per heavy atom. The highest BCUT2D eigenvalue weighted by molar-refractivity contribution is 6.04. The second-order valence-corrected chi connectivity index (χ2v) is 6.56. The summed E-state index contributed by atoms with van der Waals surface area (Å²) in [6, 6.07) is 15.0. The molecular formula is C19H19N9O. The minimum atomic E-state index is -0.574. The normalized spacial score (nSPS) is 10.8. The van der Waals surface area contributed by atoms with Gasteiger partial charge in [0.25, 0.3) is 11.9 Å². The van der Waals surface area contributed by atoms with E-state index in [0.717, 1.165) is 5.56 Å². The van der Waals surface area contributed by atoms with E-state index in [-0.39, 0.29) is 11.5 Å². The Morgan fingerprint density at radius 3 is 2.59 bits per heavy atom. The summed E-state index contributed by atoms with van der Waals surface area (Å²) in [6.45, 7) is 0.573. The van der Waals surface area contributed by atoms with Crippen LogP contribution in [-0.4, -0.2) is 50.2 Å². The predicted octanol–water partition coefficient (Wildman–Crippen LogP) is 1.38. The molecule has 10 heteroatoms. The minimum absolute atomic E-state index is 0.232. The molecule has 0 spiro atoms. The van der Waals surface area contributed by atoms with Crippen LogP contribution in [0.4, 0.5) is 11.6 Å². The summed E-state index contributed by atoms with van der Waals surface area (Å²) >= 11 is 0. The van der Waals surface area contributed by atoms with Crippen LogP contribution in [0, 0.1) is 0 Å². The van der Waals surface area contributed by atoms with Gasteiger partial charge in [-0.05, 0) is 17.7 Å². The lowest BCUT2D eigenvalue weighted by Gasteiger charge is -2.16. The molecule has 0 aliphatic carbocycles. The molecule has 3 N–H and O–H groups in total. The Balaban J connectivity index is 1.74. The van der Waals surface area contributed by atoms with Crippen LogP contribution in [0.2, 0.25) is 0 Å². The fourth-order valence-electron chi connectivity index (χ4n) is 2.89. The Morgan fingerprint density at radius 1 is 1.07 bits per heavy atom. The number of primary amides is 1. The zero-order valence-corrected chi connectivity index (χ0v) is 15.9. The first kappa shape index (κ1) is 18.3. The average Bonchev–Trinajstić information content (AvgIpc) is 3.16. The molecule has 2 aromatic heterocycles. The summed E-state index contributed by atoms with van der Waals surface area (Å²) in [4.78, 5) is 18.1. The molecule has 0 bridgehead atoms. The highest BCUT2D eigenvalue weighted by atomic mass is 16.1. The highest BCUT2D eigenvalue weighted by Gasteiger charge is 2.17. The number of hydrogen-bond donors (Lipinski definition) is 2. The lowest BCUT2D eigenvalue weighted by Crippen LogP contribution is -2.18. The van der Waals surface area contributed by atoms with E-state index in [1.165, 1.54) is 4.68 Å². The third-order valence-electron chi connectivity index (χ3n) is 4.32. The predicted molar refractivity (Wildman–Crippen MR) is 109 cm³/mol. The van der Waals surface area contributed by atoms with E-state index in [1.807, 2.05) is 49.3 Å². The number of rotatable bonds is 6. The first-order valence-electron chi connectivity index (χ1n) is 8.89. The molecule has 0 fully saturated rings. The molecule has 0 saturated heterocycles. The lowest BCUT2D eigenvalue weighted by atomic mass is 10.2. The minimum Gasteiger partial charge on any atom is -0.366 e. The molecule has 1 amide bonds. The van der Waals surface area contributed by atoms with E-state index in [0.29, 0.717) is 29.2 Å². The molecule has 4 aromatic rings. The van der Waals surface area contributed by atoms with Crippen molar-refractivity contribution in [2.24, 2.45) is 5.73 Å². The second-order valence-electron chi connectivity index (χ2n) is 6.56. The smallest absolute Gasteiger partial charge is 0.274 e. The summed E-state index contributed by atoms with van der Waals surface area (Å²) in [5.41, 5.74) is 7.77. The van der Waals surface area contributed by atoms with Crippen LogP contribution in [0.5, 0.6) is 0 Å². The molecule has 4 rings (SSSR count). The molecule has 0 unspecified atom stereocenters. The number of carbonyl (C=O) groups excluding carboxylic acids is 1. The van der Waals surface area contributed by atoms with Gasteiger partial charge in [-0.15, -0.1) is 15.3 Å². The molecule has 0 atom stereocenters. The zero-order chi connectivity index (χ0) is 20.4. The van der Waals surface area contributed by atoms with E-state index in [9.17, 15) is 4.79 Å². The third-order valence-corrected chi connectivity index (χ3v) is 4.32. The topological polar surface area (TPSA) is 128 Å². The molecule has 0 radical (unpaired) electrons. The maximum Gasteiger partial charge on any atom is 0.274 e. The van der Waals surface area contributed by atoms with Crippen LogP contribution < -0.4 is 16.0 Å². The van der Waals surface area contributed by atoms with Gasteiger partial charge in [-0.2, -0.15) is 9.67 Å². The van der Waals surface area contributed by atoms with Gasteiger partial charge in [0.05, 0.1) is 11.1 Å². The SMILES string of the molecule is CN(C)c1nnc(-n2nnc3c(C(N)=O)cccc32)nc1NCc1ccccc1. The molecule has 0 saturated carbocycles. The Kier molecular flexibility index (Phi) is 4.73. The molecule has 29 heavy (non-hydrogen) atoms. The number of nitrogens with two attached hydrogens (primary N) is 1. The van der Waals surface area contributed by atoms with Crippen LogP contribution in [0.1, 0.15) is 15.9 Å². The zero-order valence-electron chi connectivity index (χ0n) is 15.9. The van der Waals surface area contributed by atoms with Gasteiger partial charge in [0, 0.05) is 20.6 Å². The van der Waals surface area contributed by atoms with Crippen LogP contribution in [0.15, 0.2) is 48.5 Å². The summed E-state index contributed by atoms with van der Waals surface area (Å²) in [5.74, 6) is 0.802. The second kappa shape index (κ2) is 7.50. The molecule has 2 aromatic carbocycles. The van der Waals surface area contributed by atoms with Crippen molar-refractivity contribution in [3.8, 4) is 5.95 Å². The number of aromatic nitrogens is 6. The van der Waals surface area contributed by atoms with Gasteiger partial charge >= 0.3 is 0 Å². The highest BCUT2D eigenvalue weighted by Crippen LogP contribution is 2.22. The van der Waals surface area contributed by atoms with Crippen molar-refractivity contribution in [2.45, 2.75) is 6.54 Å². The largest absolute Gasteiger partial charge is 0.366 e. The van der Waals surface area contributed by atoms with Crippen molar-refractivity contribution >= 4 is 28.6 Å². The maximum atomic E-state index is 11.6. The third kappa shape index (κ3) is 3.55. The Bertz CT molecular complexity index is 1170. The summed E-state index contributed by atoms with van der Waals surface area (Å²) in [7, 11) is 3.73. The molecule has 146 valence electrons. The van der Waals surface area contributed by atoms with Gasteiger partial charge in [-0.1, -0.05) is 41.6 Å². The number of nitrogens with zero attached hydrogens (tertiary/aromatic N) is 7. The van der Waals surface area contributed by atoms with Gasteiger partial charge in [0.1, 0.15) is 5.52 Å². The lowest BCUT2D eigenvalue weighted by molar-refractivity contribution is 0.100. The first-order chi connectivity index (χ1) is 14.0. The Labute approximate surface area is 166 Å². The van der Waals surface area contributed by atoms with Crippen molar-refractivity contribution in [1.29, 1.82) is 0 Å². The quantitative estimate of drug-likeness (QED) is 0.506. The van der Waals surface area contributed by atoms with E-state index in [4.69, 9.17) is 5.73 Å². The van der Waals surface area contributed by atoms with Crippen LogP contribution in [-0.2, 0) is 6.54 Å². The number of fused-ring (bicyclic) bond motifs is 1. The van der Waals surface area contributed by atoms with Crippen LogP contribution >= 0.6 is 0 Å². The van der Waals surface area contributed by atoms with Crippen molar-refractivity contribution in [3.05, 3.63) is 59.7 Å². The van der Waals surface area contributed by atoms with Crippen molar-refractivity contribution in [2.75, 3.05) is 24.3 Å². The molecular weight excluding hydrogens is 370 g/mol.